The molecule has 0 saturated heterocycles. The maximum atomic E-state index is 12.5. The number of halogens is 1. The molecule has 9 heteroatoms. The molecule has 4 rings (SSSR count). The molecule has 0 bridgehead atoms. The van der Waals surface area contributed by atoms with Crippen LogP contribution in [0.2, 0.25) is 0 Å². The van der Waals surface area contributed by atoms with Gasteiger partial charge in [-0.25, -0.2) is 4.79 Å². The number of hydrogen-bond donors (Lipinski definition) is 1. The van der Waals surface area contributed by atoms with Crippen LogP contribution < -0.4 is 5.32 Å². The number of amides is 1. The SMILES string of the molecule is COC(=O)c1c(CNC(=O)c2cc(-c3ccc(Br)cc3)no2)nn2c1CCCC2. The molecule has 150 valence electrons. The first-order chi connectivity index (χ1) is 14.1. The first-order valence-corrected chi connectivity index (χ1v) is 10.0. The molecule has 29 heavy (non-hydrogen) atoms. The van der Waals surface area contributed by atoms with Crippen molar-refractivity contribution in [1.29, 1.82) is 0 Å². The highest BCUT2D eigenvalue weighted by Gasteiger charge is 2.26. The van der Waals surface area contributed by atoms with E-state index in [1.165, 1.54) is 7.11 Å². The molecule has 1 aromatic carbocycles. The molecule has 0 unspecified atom stereocenters. The van der Waals surface area contributed by atoms with Gasteiger partial charge >= 0.3 is 5.97 Å². The highest BCUT2D eigenvalue weighted by Crippen LogP contribution is 2.24. The van der Waals surface area contributed by atoms with E-state index < -0.39 is 11.9 Å². The third-order valence-electron chi connectivity index (χ3n) is 4.84. The molecule has 0 fully saturated rings. The molecule has 3 heterocycles. The van der Waals surface area contributed by atoms with Gasteiger partial charge in [-0.2, -0.15) is 5.10 Å². The van der Waals surface area contributed by atoms with Crippen LogP contribution >= 0.6 is 15.9 Å². The van der Waals surface area contributed by atoms with Crippen molar-refractivity contribution < 1.29 is 18.8 Å². The average molecular weight is 459 g/mol. The van der Waals surface area contributed by atoms with Gasteiger partial charge in [-0.15, -0.1) is 0 Å². The Balaban J connectivity index is 1.50. The molecule has 8 nitrogen and oxygen atoms in total. The fourth-order valence-corrected chi connectivity index (χ4v) is 3.66. The summed E-state index contributed by atoms with van der Waals surface area (Å²) in [4.78, 5) is 24.8. The number of nitrogens with one attached hydrogen (secondary N) is 1. The van der Waals surface area contributed by atoms with Gasteiger partial charge in [-0.1, -0.05) is 33.2 Å². The summed E-state index contributed by atoms with van der Waals surface area (Å²) in [6.07, 6.45) is 2.78. The molecule has 3 aromatic rings. The lowest BCUT2D eigenvalue weighted by Gasteiger charge is -2.13. The molecule has 0 aliphatic carbocycles. The number of benzene rings is 1. The first kappa shape index (κ1) is 19.4. The molecule has 0 spiro atoms. The normalized spacial score (nSPS) is 13.0. The van der Waals surface area contributed by atoms with Crippen LogP contribution in [0.4, 0.5) is 0 Å². The number of fused-ring (bicyclic) bond motifs is 1. The standard InChI is InChI=1S/C20H19BrN4O4/c1-28-20(27)18-15(23-25-9-3-2-4-16(18)25)11-22-19(26)17-10-14(24-29-17)12-5-7-13(21)8-6-12/h5-8,10H,2-4,9,11H2,1H3,(H,22,26). The first-order valence-electron chi connectivity index (χ1n) is 9.24. The maximum Gasteiger partial charge on any atom is 0.341 e. The van der Waals surface area contributed by atoms with E-state index in [2.05, 4.69) is 31.5 Å². The van der Waals surface area contributed by atoms with E-state index in [9.17, 15) is 9.59 Å². The molecule has 1 aliphatic heterocycles. The van der Waals surface area contributed by atoms with Gasteiger partial charge < -0.3 is 14.6 Å². The Morgan fingerprint density at radius 3 is 2.83 bits per heavy atom. The van der Waals surface area contributed by atoms with Gasteiger partial charge in [-0.05, 0) is 31.4 Å². The summed E-state index contributed by atoms with van der Waals surface area (Å²) in [7, 11) is 1.34. The maximum absolute atomic E-state index is 12.5. The van der Waals surface area contributed by atoms with Crippen LogP contribution in [-0.2, 0) is 24.2 Å². The number of hydrogen-bond acceptors (Lipinski definition) is 6. The minimum Gasteiger partial charge on any atom is -0.465 e. The zero-order valence-corrected chi connectivity index (χ0v) is 17.4. The van der Waals surface area contributed by atoms with Crippen molar-refractivity contribution in [3.63, 3.8) is 0 Å². The third-order valence-corrected chi connectivity index (χ3v) is 5.37. The lowest BCUT2D eigenvalue weighted by atomic mass is 10.0. The number of aromatic nitrogens is 3. The largest absolute Gasteiger partial charge is 0.465 e. The van der Waals surface area contributed by atoms with Crippen molar-refractivity contribution in [2.75, 3.05) is 7.11 Å². The van der Waals surface area contributed by atoms with Crippen molar-refractivity contribution in [3.05, 3.63) is 57.5 Å². The number of esters is 1. The van der Waals surface area contributed by atoms with E-state index in [0.717, 1.165) is 41.5 Å². The van der Waals surface area contributed by atoms with Gasteiger partial charge in [0.15, 0.2) is 0 Å². The molecule has 0 radical (unpaired) electrons. The highest BCUT2D eigenvalue weighted by atomic mass is 79.9. The van der Waals surface area contributed by atoms with E-state index >= 15 is 0 Å². The van der Waals surface area contributed by atoms with E-state index in [4.69, 9.17) is 9.26 Å². The van der Waals surface area contributed by atoms with Crippen LogP contribution in [0.5, 0.6) is 0 Å². The number of carbonyl (C=O) groups is 2. The Labute approximate surface area is 175 Å². The minimum absolute atomic E-state index is 0.0894. The van der Waals surface area contributed by atoms with Crippen molar-refractivity contribution >= 4 is 27.8 Å². The summed E-state index contributed by atoms with van der Waals surface area (Å²) >= 11 is 3.38. The Morgan fingerprint density at radius 2 is 2.07 bits per heavy atom. The summed E-state index contributed by atoms with van der Waals surface area (Å²) in [5, 5.41) is 11.2. The molecule has 1 aliphatic rings. The third kappa shape index (κ3) is 3.95. The molecule has 0 atom stereocenters. The second-order valence-corrected chi connectivity index (χ2v) is 7.62. The van der Waals surface area contributed by atoms with Gasteiger partial charge in [0.05, 0.1) is 25.0 Å². The Hall–Kier alpha value is -2.94. The Bertz CT molecular complexity index is 1060. The van der Waals surface area contributed by atoms with Gasteiger partial charge in [0.25, 0.3) is 5.91 Å². The van der Waals surface area contributed by atoms with E-state index in [-0.39, 0.29) is 12.3 Å². The van der Waals surface area contributed by atoms with E-state index in [1.807, 2.05) is 28.9 Å². The highest BCUT2D eigenvalue weighted by molar-refractivity contribution is 9.10. The van der Waals surface area contributed by atoms with Gasteiger partial charge in [0.1, 0.15) is 11.3 Å². The van der Waals surface area contributed by atoms with Crippen molar-refractivity contribution in [2.45, 2.75) is 32.4 Å². The monoisotopic (exact) mass is 458 g/mol. The van der Waals surface area contributed by atoms with Crippen LogP contribution in [0, 0.1) is 0 Å². The Morgan fingerprint density at radius 1 is 1.28 bits per heavy atom. The Kier molecular flexibility index (Phi) is 5.48. The summed E-state index contributed by atoms with van der Waals surface area (Å²) in [5.74, 6) is -0.774. The van der Waals surface area contributed by atoms with Crippen molar-refractivity contribution in [2.24, 2.45) is 0 Å². The number of nitrogens with zero attached hydrogens (tertiary/aromatic N) is 3. The number of methoxy groups -OCH3 is 1. The summed E-state index contributed by atoms with van der Waals surface area (Å²) in [6.45, 7) is 0.851. The topological polar surface area (TPSA) is 99.2 Å². The zero-order valence-electron chi connectivity index (χ0n) is 15.8. The van der Waals surface area contributed by atoms with Crippen LogP contribution in [0.25, 0.3) is 11.3 Å². The van der Waals surface area contributed by atoms with Crippen LogP contribution in [0.3, 0.4) is 0 Å². The summed E-state index contributed by atoms with van der Waals surface area (Å²) in [6, 6.07) is 9.11. The van der Waals surface area contributed by atoms with Crippen molar-refractivity contribution in [1.82, 2.24) is 20.3 Å². The molecular formula is C20H19BrN4O4. The van der Waals surface area contributed by atoms with Crippen LogP contribution in [0.1, 0.15) is 45.1 Å². The lowest BCUT2D eigenvalue weighted by molar-refractivity contribution is 0.0596. The molecule has 0 saturated carbocycles. The number of rotatable bonds is 5. The quantitative estimate of drug-likeness (QED) is 0.588. The predicted octanol–water partition coefficient (Wildman–Crippen LogP) is 3.35. The molecular weight excluding hydrogens is 440 g/mol. The van der Waals surface area contributed by atoms with Gasteiger partial charge in [0.2, 0.25) is 5.76 Å². The molecule has 1 N–H and O–H groups in total. The van der Waals surface area contributed by atoms with E-state index in [0.29, 0.717) is 17.0 Å². The second-order valence-electron chi connectivity index (χ2n) is 6.71. The average Bonchev–Trinajstić information content (AvgIpc) is 3.37. The second kappa shape index (κ2) is 8.20. The van der Waals surface area contributed by atoms with E-state index in [1.54, 1.807) is 6.07 Å². The molecule has 2 aromatic heterocycles. The van der Waals surface area contributed by atoms with Gasteiger partial charge in [0, 0.05) is 22.6 Å². The smallest absolute Gasteiger partial charge is 0.341 e. The predicted molar refractivity (Wildman–Crippen MR) is 107 cm³/mol. The number of carbonyl (C=O) groups excluding carboxylic acids is 2. The number of aryl methyl sites for hydroxylation is 1. The fourth-order valence-electron chi connectivity index (χ4n) is 3.40. The number of ether oxygens (including phenoxy) is 1. The van der Waals surface area contributed by atoms with Crippen molar-refractivity contribution in [3.8, 4) is 11.3 Å². The molecule has 1 amide bonds. The summed E-state index contributed by atoms with van der Waals surface area (Å²) < 4.78 is 12.9. The summed E-state index contributed by atoms with van der Waals surface area (Å²) in [5.41, 5.74) is 3.21. The lowest BCUT2D eigenvalue weighted by Crippen LogP contribution is -2.24. The van der Waals surface area contributed by atoms with Crippen LogP contribution in [-0.4, -0.2) is 33.9 Å². The van der Waals surface area contributed by atoms with Crippen LogP contribution in [0.15, 0.2) is 39.3 Å². The minimum atomic E-state index is -0.436. The fraction of sp³-hybridized carbons (Fsp3) is 0.300. The zero-order chi connectivity index (χ0) is 20.4. The van der Waals surface area contributed by atoms with Gasteiger partial charge in [-0.3, -0.25) is 9.48 Å².